The van der Waals surface area contributed by atoms with Gasteiger partial charge in [-0.3, -0.25) is 4.79 Å². The van der Waals surface area contributed by atoms with Gasteiger partial charge < -0.3 is 9.32 Å². The highest BCUT2D eigenvalue weighted by atomic mass is 32.2. The van der Waals surface area contributed by atoms with Crippen LogP contribution >= 0.6 is 0 Å². The smallest absolute Gasteiger partial charge is 0.247 e. The highest BCUT2D eigenvalue weighted by Gasteiger charge is 2.25. The molecule has 9 heteroatoms. The average Bonchev–Trinajstić information content (AvgIpc) is 3.26. The Balaban J connectivity index is 1.67. The van der Waals surface area contributed by atoms with Crippen LogP contribution in [0.4, 0.5) is 0 Å². The number of nitrogens with zero attached hydrogens (tertiary/aromatic N) is 4. The molecule has 3 rings (SSSR count). The van der Waals surface area contributed by atoms with Gasteiger partial charge in [0.1, 0.15) is 0 Å². The van der Waals surface area contributed by atoms with E-state index >= 15 is 0 Å². The van der Waals surface area contributed by atoms with Gasteiger partial charge in [0.25, 0.3) is 0 Å². The van der Waals surface area contributed by atoms with Crippen LogP contribution in [0.5, 0.6) is 0 Å². The fraction of sp³-hybridized carbons (Fsp3) is 0.261. The number of benzene rings is 2. The predicted molar refractivity (Wildman–Crippen MR) is 122 cm³/mol. The zero-order valence-electron chi connectivity index (χ0n) is 18.2. The Morgan fingerprint density at radius 2 is 1.66 bits per heavy atom. The number of hydrogen-bond acceptors (Lipinski definition) is 6. The van der Waals surface area contributed by atoms with Crippen molar-refractivity contribution in [3.63, 3.8) is 0 Å². The third kappa shape index (κ3) is 6.12. The van der Waals surface area contributed by atoms with E-state index in [1.807, 2.05) is 62.4 Å². The summed E-state index contributed by atoms with van der Waals surface area (Å²) in [6.07, 6.45) is 1.50. The summed E-state index contributed by atoms with van der Waals surface area (Å²) in [7, 11) is -2.39. The molecule has 3 aromatic rings. The van der Waals surface area contributed by atoms with Crippen molar-refractivity contribution >= 4 is 22.0 Å². The summed E-state index contributed by atoms with van der Waals surface area (Å²) in [6.45, 7) is 3.47. The fourth-order valence-electron chi connectivity index (χ4n) is 2.92. The maximum atomic E-state index is 12.9. The van der Waals surface area contributed by atoms with E-state index in [1.165, 1.54) is 18.0 Å². The molecule has 0 N–H and O–H groups in total. The van der Waals surface area contributed by atoms with Gasteiger partial charge >= 0.3 is 0 Å². The van der Waals surface area contributed by atoms with E-state index in [0.717, 1.165) is 20.8 Å². The van der Waals surface area contributed by atoms with Crippen molar-refractivity contribution in [2.75, 3.05) is 13.6 Å². The number of rotatable bonds is 9. The zero-order chi connectivity index (χ0) is 23.1. The Bertz CT molecular complexity index is 1160. The molecule has 0 fully saturated rings. The minimum atomic E-state index is -3.76. The van der Waals surface area contributed by atoms with E-state index in [9.17, 15) is 13.2 Å². The number of amides is 1. The molecular weight excluding hydrogens is 428 g/mol. The van der Waals surface area contributed by atoms with Crippen molar-refractivity contribution < 1.29 is 17.6 Å². The maximum Gasteiger partial charge on any atom is 0.247 e. The number of carbonyl (C=O) groups is 1. The van der Waals surface area contributed by atoms with E-state index in [2.05, 4.69) is 10.2 Å². The number of hydrogen-bond donors (Lipinski definition) is 0. The van der Waals surface area contributed by atoms with Gasteiger partial charge in [-0.25, -0.2) is 8.42 Å². The molecule has 0 saturated heterocycles. The molecule has 1 aromatic heterocycles. The first-order valence-corrected chi connectivity index (χ1v) is 11.6. The quantitative estimate of drug-likeness (QED) is 0.492. The minimum Gasteiger partial charge on any atom is -0.419 e. The molecule has 0 unspecified atom stereocenters. The second-order valence-electron chi connectivity index (χ2n) is 7.50. The molecule has 168 valence electrons. The van der Waals surface area contributed by atoms with Crippen LogP contribution in [0, 0.1) is 0 Å². The SMILES string of the molecule is CC(C)N(Cc1nnc(-c2ccccc2)o1)C(=O)CN(C)S(=O)(=O)C=Cc1ccccc1. The van der Waals surface area contributed by atoms with Crippen molar-refractivity contribution in [1.82, 2.24) is 19.4 Å². The summed E-state index contributed by atoms with van der Waals surface area (Å²) >= 11 is 0. The Hall–Kier alpha value is -3.30. The van der Waals surface area contributed by atoms with Gasteiger partial charge in [-0.2, -0.15) is 4.31 Å². The molecule has 1 amide bonds. The molecule has 0 aliphatic heterocycles. The maximum absolute atomic E-state index is 12.9. The highest BCUT2D eigenvalue weighted by Crippen LogP contribution is 2.18. The fourth-order valence-corrected chi connectivity index (χ4v) is 3.75. The van der Waals surface area contributed by atoms with Gasteiger partial charge in [-0.15, -0.1) is 10.2 Å². The monoisotopic (exact) mass is 454 g/mol. The van der Waals surface area contributed by atoms with Crippen LogP contribution in [0.1, 0.15) is 25.3 Å². The first-order chi connectivity index (χ1) is 15.3. The first kappa shape index (κ1) is 23.4. The molecule has 2 aromatic carbocycles. The number of carbonyl (C=O) groups excluding carboxylic acids is 1. The molecule has 0 radical (unpaired) electrons. The largest absolute Gasteiger partial charge is 0.419 e. The van der Waals surface area contributed by atoms with Gasteiger partial charge in [0.05, 0.1) is 13.1 Å². The van der Waals surface area contributed by atoms with E-state index in [-0.39, 0.29) is 30.9 Å². The van der Waals surface area contributed by atoms with E-state index in [0.29, 0.717) is 5.89 Å². The highest BCUT2D eigenvalue weighted by molar-refractivity contribution is 7.92. The average molecular weight is 455 g/mol. The van der Waals surface area contributed by atoms with Crippen LogP contribution < -0.4 is 0 Å². The van der Waals surface area contributed by atoms with Crippen LogP contribution in [0.15, 0.2) is 70.5 Å². The molecule has 0 bridgehead atoms. The summed E-state index contributed by atoms with van der Waals surface area (Å²) in [5, 5.41) is 9.17. The zero-order valence-corrected chi connectivity index (χ0v) is 19.1. The normalized spacial score (nSPS) is 12.0. The topological polar surface area (TPSA) is 96.6 Å². The molecular formula is C23H26N4O4S. The summed E-state index contributed by atoms with van der Waals surface area (Å²) < 4.78 is 31.9. The standard InChI is InChI=1S/C23H26N4O4S/c1-18(2)27(16-21-24-25-23(31-21)20-12-8-5-9-13-20)22(28)17-26(3)32(29,30)15-14-19-10-6-4-7-11-19/h4-15,18H,16-17H2,1-3H3. The lowest BCUT2D eigenvalue weighted by molar-refractivity contribution is -0.133. The Morgan fingerprint density at radius 3 is 2.28 bits per heavy atom. The van der Waals surface area contributed by atoms with Crippen molar-refractivity contribution in [3.8, 4) is 11.5 Å². The van der Waals surface area contributed by atoms with Crippen LogP contribution in [0.25, 0.3) is 17.5 Å². The van der Waals surface area contributed by atoms with Gasteiger partial charge in [0.15, 0.2) is 0 Å². The minimum absolute atomic E-state index is 0.0874. The van der Waals surface area contributed by atoms with Crippen molar-refractivity contribution in [3.05, 3.63) is 77.5 Å². The van der Waals surface area contributed by atoms with Crippen LogP contribution in [0.3, 0.4) is 0 Å². The number of sulfonamides is 1. The van der Waals surface area contributed by atoms with E-state index in [1.54, 1.807) is 12.1 Å². The number of aromatic nitrogens is 2. The van der Waals surface area contributed by atoms with Crippen LogP contribution in [-0.4, -0.2) is 53.4 Å². The third-order valence-electron chi connectivity index (χ3n) is 4.76. The van der Waals surface area contributed by atoms with E-state index in [4.69, 9.17) is 4.42 Å². The second kappa shape index (κ2) is 10.3. The van der Waals surface area contributed by atoms with Crippen LogP contribution in [-0.2, 0) is 21.4 Å². The third-order valence-corrected chi connectivity index (χ3v) is 6.24. The van der Waals surface area contributed by atoms with Gasteiger partial charge in [0, 0.05) is 24.1 Å². The van der Waals surface area contributed by atoms with Gasteiger partial charge in [-0.1, -0.05) is 48.5 Å². The Kier molecular flexibility index (Phi) is 7.55. The first-order valence-electron chi connectivity index (χ1n) is 10.1. The molecule has 0 aliphatic carbocycles. The number of likely N-dealkylation sites (N-methyl/N-ethyl adjacent to an activating group) is 1. The lowest BCUT2D eigenvalue weighted by atomic mass is 10.2. The Labute approximate surface area is 188 Å². The molecule has 8 nitrogen and oxygen atoms in total. The summed E-state index contributed by atoms with van der Waals surface area (Å²) in [5.74, 6) is 0.279. The second-order valence-corrected chi connectivity index (χ2v) is 9.42. The molecule has 0 spiro atoms. The van der Waals surface area contributed by atoms with Gasteiger partial charge in [0.2, 0.25) is 27.7 Å². The van der Waals surface area contributed by atoms with Crippen LogP contribution in [0.2, 0.25) is 0 Å². The molecule has 32 heavy (non-hydrogen) atoms. The molecule has 0 aliphatic rings. The molecule has 1 heterocycles. The van der Waals surface area contributed by atoms with Crippen molar-refractivity contribution in [2.24, 2.45) is 0 Å². The lowest BCUT2D eigenvalue weighted by Gasteiger charge is -2.27. The van der Waals surface area contributed by atoms with Crippen molar-refractivity contribution in [2.45, 2.75) is 26.4 Å². The Morgan fingerprint density at radius 1 is 1.03 bits per heavy atom. The lowest BCUT2D eigenvalue weighted by Crippen LogP contribution is -2.43. The molecule has 0 atom stereocenters. The molecule has 0 saturated carbocycles. The summed E-state index contributed by atoms with van der Waals surface area (Å²) in [5.41, 5.74) is 1.54. The summed E-state index contributed by atoms with van der Waals surface area (Å²) in [4.78, 5) is 14.4. The summed E-state index contributed by atoms with van der Waals surface area (Å²) in [6, 6.07) is 18.2. The van der Waals surface area contributed by atoms with Gasteiger partial charge in [-0.05, 0) is 37.6 Å². The van der Waals surface area contributed by atoms with E-state index < -0.39 is 10.0 Å². The predicted octanol–water partition coefficient (Wildman–Crippen LogP) is 3.41. The van der Waals surface area contributed by atoms with Crippen molar-refractivity contribution in [1.29, 1.82) is 0 Å².